The fourth-order valence-electron chi connectivity index (χ4n) is 4.42. The minimum absolute atomic E-state index is 0.102. The van der Waals surface area contributed by atoms with E-state index in [9.17, 15) is 14.4 Å². The summed E-state index contributed by atoms with van der Waals surface area (Å²) in [6.07, 6.45) is 11.8. The molecule has 2 aromatic rings. The van der Waals surface area contributed by atoms with Crippen LogP contribution in [0.4, 0.5) is 5.00 Å². The Balaban J connectivity index is 1.43. The van der Waals surface area contributed by atoms with Crippen LogP contribution in [-0.2, 0) is 17.6 Å². The van der Waals surface area contributed by atoms with E-state index in [0.29, 0.717) is 29.1 Å². The smallest absolute Gasteiger partial charge is 0.257 e. The van der Waals surface area contributed by atoms with Gasteiger partial charge in [0.05, 0.1) is 11.1 Å². The second-order valence-electron chi connectivity index (χ2n) is 8.41. The van der Waals surface area contributed by atoms with Crippen LogP contribution in [0.2, 0.25) is 0 Å². The van der Waals surface area contributed by atoms with Crippen LogP contribution in [0.5, 0.6) is 0 Å². The molecular weight excluding hydrogens is 424 g/mol. The number of aromatic nitrogens is 1. The number of anilines is 1. The monoisotopic (exact) mass is 454 g/mol. The molecule has 2 aromatic heterocycles. The molecule has 0 atom stereocenters. The highest BCUT2D eigenvalue weighted by Gasteiger charge is 2.27. The van der Waals surface area contributed by atoms with Gasteiger partial charge < -0.3 is 15.5 Å². The highest BCUT2D eigenvalue weighted by atomic mass is 32.1. The normalized spacial score (nSPS) is 16.1. The quantitative estimate of drug-likeness (QED) is 0.695. The van der Waals surface area contributed by atoms with E-state index in [2.05, 4.69) is 15.6 Å². The van der Waals surface area contributed by atoms with E-state index < -0.39 is 0 Å². The van der Waals surface area contributed by atoms with Crippen molar-refractivity contribution in [3.05, 3.63) is 46.1 Å². The van der Waals surface area contributed by atoms with Crippen LogP contribution < -0.4 is 10.6 Å². The average molecular weight is 455 g/mol. The van der Waals surface area contributed by atoms with Crippen LogP contribution in [-0.4, -0.2) is 47.2 Å². The standard InChI is InChI=1S/C24H30N4O3S/c29-20(28-14-5-1-2-6-15-28)11-13-26-23(31)21-18-9-3-4-10-19(18)32-24(21)27-22(30)17-8-7-12-25-16-17/h7-8,12,16H,1-6,9-11,13-15H2,(H,26,31)(H,27,30). The van der Waals surface area contributed by atoms with Gasteiger partial charge in [-0.1, -0.05) is 12.8 Å². The number of likely N-dealkylation sites (tertiary alicyclic amines) is 1. The summed E-state index contributed by atoms with van der Waals surface area (Å²) in [6.45, 7) is 1.93. The summed E-state index contributed by atoms with van der Waals surface area (Å²) in [6, 6.07) is 3.41. The Labute approximate surface area is 192 Å². The highest BCUT2D eigenvalue weighted by Crippen LogP contribution is 2.38. The Hall–Kier alpha value is -2.74. The van der Waals surface area contributed by atoms with E-state index in [-0.39, 0.29) is 17.7 Å². The number of fused-ring (bicyclic) bond motifs is 1. The molecule has 3 heterocycles. The second kappa shape index (κ2) is 10.7. The van der Waals surface area contributed by atoms with Gasteiger partial charge in [-0.25, -0.2) is 0 Å². The number of amides is 3. The van der Waals surface area contributed by atoms with Gasteiger partial charge in [0.25, 0.3) is 11.8 Å². The first-order valence-electron chi connectivity index (χ1n) is 11.6. The van der Waals surface area contributed by atoms with Gasteiger partial charge in [-0.05, 0) is 56.2 Å². The average Bonchev–Trinajstić information content (AvgIpc) is 2.97. The summed E-state index contributed by atoms with van der Waals surface area (Å²) in [5.74, 6) is -0.388. The third kappa shape index (κ3) is 5.35. The summed E-state index contributed by atoms with van der Waals surface area (Å²) in [4.78, 5) is 45.4. The molecule has 0 aromatic carbocycles. The van der Waals surface area contributed by atoms with Crippen molar-refractivity contribution in [2.45, 2.75) is 57.8 Å². The lowest BCUT2D eigenvalue weighted by Gasteiger charge is -2.20. The van der Waals surface area contributed by atoms with Gasteiger partial charge >= 0.3 is 0 Å². The number of aryl methyl sites for hydroxylation is 1. The van der Waals surface area contributed by atoms with Gasteiger partial charge in [-0.15, -0.1) is 11.3 Å². The third-order valence-corrected chi connectivity index (χ3v) is 7.34. The van der Waals surface area contributed by atoms with Gasteiger partial charge in [0.2, 0.25) is 5.91 Å². The fraction of sp³-hybridized carbons (Fsp3) is 0.500. The molecule has 8 heteroatoms. The first kappa shape index (κ1) is 22.5. The Bertz CT molecular complexity index is 965. The van der Waals surface area contributed by atoms with Crippen molar-refractivity contribution in [3.8, 4) is 0 Å². The van der Waals surface area contributed by atoms with Gasteiger partial charge in [-0.3, -0.25) is 19.4 Å². The molecule has 0 unspecified atom stereocenters. The van der Waals surface area contributed by atoms with Gasteiger partial charge in [0.1, 0.15) is 5.00 Å². The lowest BCUT2D eigenvalue weighted by Crippen LogP contribution is -2.35. The van der Waals surface area contributed by atoms with Crippen molar-refractivity contribution in [2.24, 2.45) is 0 Å². The zero-order valence-electron chi connectivity index (χ0n) is 18.3. The number of thiophene rings is 1. The lowest BCUT2D eigenvalue weighted by atomic mass is 9.95. The summed E-state index contributed by atoms with van der Waals surface area (Å²) < 4.78 is 0. The van der Waals surface area contributed by atoms with Gasteiger partial charge in [0, 0.05) is 43.3 Å². The molecule has 7 nitrogen and oxygen atoms in total. The topological polar surface area (TPSA) is 91.4 Å². The zero-order chi connectivity index (χ0) is 22.3. The van der Waals surface area contributed by atoms with E-state index in [1.807, 2.05) is 4.90 Å². The maximum absolute atomic E-state index is 13.1. The van der Waals surface area contributed by atoms with Crippen molar-refractivity contribution >= 4 is 34.1 Å². The molecule has 2 aliphatic rings. The Morgan fingerprint density at radius 1 is 1.00 bits per heavy atom. The van der Waals surface area contributed by atoms with Crippen LogP contribution in [0.1, 0.15) is 76.1 Å². The lowest BCUT2D eigenvalue weighted by molar-refractivity contribution is -0.131. The number of hydrogen-bond acceptors (Lipinski definition) is 5. The molecule has 1 aliphatic heterocycles. The van der Waals surface area contributed by atoms with Crippen LogP contribution in [0.15, 0.2) is 24.5 Å². The van der Waals surface area contributed by atoms with E-state index >= 15 is 0 Å². The Morgan fingerprint density at radius 2 is 1.78 bits per heavy atom. The summed E-state index contributed by atoms with van der Waals surface area (Å²) in [5, 5.41) is 6.44. The van der Waals surface area contributed by atoms with E-state index in [1.54, 1.807) is 18.3 Å². The van der Waals surface area contributed by atoms with E-state index in [4.69, 9.17) is 0 Å². The van der Waals surface area contributed by atoms with Crippen LogP contribution in [0.3, 0.4) is 0 Å². The zero-order valence-corrected chi connectivity index (χ0v) is 19.1. The van der Waals surface area contributed by atoms with Crippen LogP contribution >= 0.6 is 11.3 Å². The summed E-state index contributed by atoms with van der Waals surface area (Å²) >= 11 is 1.49. The predicted molar refractivity (Wildman–Crippen MR) is 125 cm³/mol. The fourth-order valence-corrected chi connectivity index (χ4v) is 5.70. The largest absolute Gasteiger partial charge is 0.351 e. The maximum atomic E-state index is 13.1. The molecule has 0 bridgehead atoms. The first-order chi connectivity index (χ1) is 15.6. The molecular formula is C24H30N4O3S. The molecule has 1 fully saturated rings. The maximum Gasteiger partial charge on any atom is 0.257 e. The predicted octanol–water partition coefficient (Wildman–Crippen LogP) is 3.80. The summed E-state index contributed by atoms with van der Waals surface area (Å²) in [7, 11) is 0. The molecule has 0 radical (unpaired) electrons. The first-order valence-corrected chi connectivity index (χ1v) is 12.4. The minimum Gasteiger partial charge on any atom is -0.351 e. The van der Waals surface area contributed by atoms with E-state index in [1.165, 1.54) is 35.3 Å². The molecule has 3 amide bonds. The molecule has 0 saturated carbocycles. The molecule has 1 aliphatic carbocycles. The van der Waals surface area contributed by atoms with Crippen molar-refractivity contribution in [1.29, 1.82) is 0 Å². The molecule has 0 spiro atoms. The molecule has 170 valence electrons. The van der Waals surface area contributed by atoms with Crippen LogP contribution in [0, 0.1) is 0 Å². The number of carbonyl (C=O) groups excluding carboxylic acids is 3. The van der Waals surface area contributed by atoms with Crippen molar-refractivity contribution < 1.29 is 14.4 Å². The molecule has 32 heavy (non-hydrogen) atoms. The van der Waals surface area contributed by atoms with Crippen molar-refractivity contribution in [3.63, 3.8) is 0 Å². The van der Waals surface area contributed by atoms with Crippen molar-refractivity contribution in [2.75, 3.05) is 25.0 Å². The second-order valence-corrected chi connectivity index (χ2v) is 9.52. The third-order valence-electron chi connectivity index (χ3n) is 6.13. The number of carbonyl (C=O) groups is 3. The highest BCUT2D eigenvalue weighted by molar-refractivity contribution is 7.17. The number of hydrogen-bond donors (Lipinski definition) is 2. The Morgan fingerprint density at radius 3 is 2.53 bits per heavy atom. The van der Waals surface area contributed by atoms with E-state index in [0.717, 1.165) is 57.2 Å². The molecule has 1 saturated heterocycles. The van der Waals surface area contributed by atoms with Gasteiger partial charge in [-0.2, -0.15) is 0 Å². The SMILES string of the molecule is O=C(Nc1sc2c(c1C(=O)NCCC(=O)N1CCCCCC1)CCCC2)c1cccnc1. The number of pyridine rings is 1. The molecule has 4 rings (SSSR count). The van der Waals surface area contributed by atoms with Crippen molar-refractivity contribution in [1.82, 2.24) is 15.2 Å². The Kier molecular flexibility index (Phi) is 7.52. The minimum atomic E-state index is -0.276. The number of rotatable bonds is 6. The number of nitrogens with zero attached hydrogens (tertiary/aromatic N) is 2. The molecule has 2 N–H and O–H groups in total. The van der Waals surface area contributed by atoms with Gasteiger partial charge in [0.15, 0.2) is 0 Å². The van der Waals surface area contributed by atoms with Crippen LogP contribution in [0.25, 0.3) is 0 Å². The summed E-state index contributed by atoms with van der Waals surface area (Å²) in [5.41, 5.74) is 2.05. The number of nitrogens with one attached hydrogen (secondary N) is 2.